The van der Waals surface area contributed by atoms with Crippen LogP contribution in [0.4, 0.5) is 10.7 Å². The Kier molecular flexibility index (Phi) is 3.63. The standard InChI is InChI=1S/C11H14N6O4/c1-4-5-17(10(19)14-21)9-12-6-7(13-9)15(2)11(20)16(3)8(6)18/h4,21H,1,5H2,2-3H3,(H,12,13)(H,14,19). The summed E-state index contributed by atoms with van der Waals surface area (Å²) in [6.45, 7) is 3.54. The number of nitrogens with one attached hydrogen (secondary N) is 2. The van der Waals surface area contributed by atoms with Crippen LogP contribution >= 0.6 is 0 Å². The molecule has 10 nitrogen and oxygen atoms in total. The molecule has 0 saturated heterocycles. The number of aryl methyl sites for hydroxylation is 1. The molecular weight excluding hydrogens is 280 g/mol. The zero-order chi connectivity index (χ0) is 15.7. The van der Waals surface area contributed by atoms with E-state index in [1.54, 1.807) is 0 Å². The van der Waals surface area contributed by atoms with Crippen LogP contribution in [0.3, 0.4) is 0 Å². The predicted octanol–water partition coefficient (Wildman–Crippen LogP) is -0.948. The van der Waals surface area contributed by atoms with Crippen molar-refractivity contribution in [3.05, 3.63) is 33.5 Å². The van der Waals surface area contributed by atoms with Crippen molar-refractivity contribution in [3.8, 4) is 0 Å². The van der Waals surface area contributed by atoms with Gasteiger partial charge in [0.05, 0.1) is 0 Å². The summed E-state index contributed by atoms with van der Waals surface area (Å²) in [4.78, 5) is 43.2. The molecule has 0 aromatic carbocycles. The maximum atomic E-state index is 12.0. The average Bonchev–Trinajstić information content (AvgIpc) is 2.92. The van der Waals surface area contributed by atoms with Gasteiger partial charge in [-0.15, -0.1) is 6.58 Å². The minimum absolute atomic E-state index is 0.00903. The van der Waals surface area contributed by atoms with E-state index in [0.717, 1.165) is 9.47 Å². The topological polar surface area (TPSA) is 125 Å². The number of urea groups is 1. The molecule has 21 heavy (non-hydrogen) atoms. The van der Waals surface area contributed by atoms with Crippen LogP contribution in [-0.2, 0) is 14.1 Å². The van der Waals surface area contributed by atoms with Crippen molar-refractivity contribution in [2.24, 2.45) is 14.1 Å². The molecule has 2 rings (SSSR count). The van der Waals surface area contributed by atoms with E-state index in [4.69, 9.17) is 5.21 Å². The zero-order valence-electron chi connectivity index (χ0n) is 11.5. The lowest BCUT2D eigenvalue weighted by Gasteiger charge is -2.15. The third-order valence-corrected chi connectivity index (χ3v) is 2.99. The van der Waals surface area contributed by atoms with Gasteiger partial charge >= 0.3 is 11.7 Å². The van der Waals surface area contributed by atoms with E-state index in [9.17, 15) is 14.4 Å². The first-order valence-corrected chi connectivity index (χ1v) is 5.90. The Hall–Kier alpha value is -2.88. The van der Waals surface area contributed by atoms with E-state index < -0.39 is 17.3 Å². The summed E-state index contributed by atoms with van der Waals surface area (Å²) in [7, 11) is 2.80. The highest BCUT2D eigenvalue weighted by molar-refractivity contribution is 5.91. The summed E-state index contributed by atoms with van der Waals surface area (Å²) in [5.41, 5.74) is 0.564. The summed E-state index contributed by atoms with van der Waals surface area (Å²) in [5.74, 6) is 0.00903. The molecule has 10 heteroatoms. The Bertz CT molecular complexity index is 830. The Labute approximate surface area is 117 Å². The molecule has 2 heterocycles. The molecule has 0 aliphatic heterocycles. The van der Waals surface area contributed by atoms with Crippen LogP contribution in [0.15, 0.2) is 22.2 Å². The van der Waals surface area contributed by atoms with Crippen molar-refractivity contribution in [2.45, 2.75) is 0 Å². The molecule has 0 unspecified atom stereocenters. The number of fused-ring (bicyclic) bond motifs is 1. The molecule has 0 aliphatic carbocycles. The number of rotatable bonds is 3. The van der Waals surface area contributed by atoms with Crippen molar-refractivity contribution >= 4 is 23.1 Å². The summed E-state index contributed by atoms with van der Waals surface area (Å²) < 4.78 is 2.11. The molecule has 0 aliphatic rings. The van der Waals surface area contributed by atoms with E-state index in [2.05, 4.69) is 16.5 Å². The van der Waals surface area contributed by atoms with E-state index in [1.807, 2.05) is 0 Å². The highest BCUT2D eigenvalue weighted by Crippen LogP contribution is 2.13. The van der Waals surface area contributed by atoms with Gasteiger partial charge in [-0.25, -0.2) is 15.1 Å². The Balaban J connectivity index is 2.73. The minimum Gasteiger partial charge on any atom is -0.318 e. The van der Waals surface area contributed by atoms with Gasteiger partial charge in [0, 0.05) is 20.6 Å². The molecule has 2 amide bonds. The Morgan fingerprint density at radius 2 is 2.14 bits per heavy atom. The summed E-state index contributed by atoms with van der Waals surface area (Å²) in [6.07, 6.45) is 1.42. The van der Waals surface area contributed by atoms with Gasteiger partial charge in [-0.1, -0.05) is 6.08 Å². The van der Waals surface area contributed by atoms with Crippen molar-refractivity contribution < 1.29 is 10.0 Å². The number of H-pyrrole nitrogens is 1. The fourth-order valence-corrected chi connectivity index (χ4v) is 1.90. The van der Waals surface area contributed by atoms with Crippen molar-refractivity contribution in [2.75, 3.05) is 11.4 Å². The van der Waals surface area contributed by atoms with Gasteiger partial charge in [0.25, 0.3) is 5.56 Å². The highest BCUT2D eigenvalue weighted by atomic mass is 16.5. The van der Waals surface area contributed by atoms with Gasteiger partial charge in [0.15, 0.2) is 11.2 Å². The van der Waals surface area contributed by atoms with Crippen LogP contribution in [0.25, 0.3) is 11.2 Å². The van der Waals surface area contributed by atoms with Crippen LogP contribution in [0.5, 0.6) is 0 Å². The average molecular weight is 294 g/mol. The zero-order valence-corrected chi connectivity index (χ0v) is 11.5. The van der Waals surface area contributed by atoms with Crippen molar-refractivity contribution in [3.63, 3.8) is 0 Å². The molecule has 2 aromatic heterocycles. The van der Waals surface area contributed by atoms with Crippen LogP contribution < -0.4 is 21.6 Å². The molecule has 112 valence electrons. The van der Waals surface area contributed by atoms with Crippen molar-refractivity contribution in [1.29, 1.82) is 0 Å². The monoisotopic (exact) mass is 294 g/mol. The number of imidazole rings is 1. The summed E-state index contributed by atoms with van der Waals surface area (Å²) in [6, 6.07) is -0.851. The molecule has 0 bridgehead atoms. The number of carbonyl (C=O) groups is 1. The number of hydrogen-bond acceptors (Lipinski definition) is 5. The number of hydroxylamine groups is 1. The summed E-state index contributed by atoms with van der Waals surface area (Å²) in [5, 5.41) is 8.73. The first-order chi connectivity index (χ1) is 9.92. The second-order valence-corrected chi connectivity index (χ2v) is 4.28. The first-order valence-electron chi connectivity index (χ1n) is 5.90. The number of hydrogen-bond donors (Lipinski definition) is 3. The number of aromatic nitrogens is 4. The van der Waals surface area contributed by atoms with Gasteiger partial charge in [0.1, 0.15) is 0 Å². The van der Waals surface area contributed by atoms with Crippen LogP contribution in [0, 0.1) is 0 Å². The first kappa shape index (κ1) is 14.5. The second-order valence-electron chi connectivity index (χ2n) is 4.28. The number of carbonyl (C=O) groups excluding carboxylic acids is 1. The third-order valence-electron chi connectivity index (χ3n) is 2.99. The molecular formula is C11H14N6O4. The molecule has 0 spiro atoms. The fraction of sp³-hybridized carbons (Fsp3) is 0.273. The molecule has 2 aromatic rings. The van der Waals surface area contributed by atoms with Gasteiger partial charge < -0.3 is 4.98 Å². The molecule has 0 radical (unpaired) electrons. The van der Waals surface area contributed by atoms with Gasteiger partial charge in [-0.05, 0) is 0 Å². The molecule has 3 N–H and O–H groups in total. The van der Waals surface area contributed by atoms with Crippen LogP contribution in [0.1, 0.15) is 0 Å². The molecule has 0 atom stereocenters. The van der Waals surface area contributed by atoms with E-state index >= 15 is 0 Å². The quantitative estimate of drug-likeness (QED) is 0.382. The van der Waals surface area contributed by atoms with E-state index in [-0.39, 0.29) is 23.7 Å². The van der Waals surface area contributed by atoms with Crippen molar-refractivity contribution in [1.82, 2.24) is 24.6 Å². The smallest absolute Gasteiger partial charge is 0.318 e. The lowest BCUT2D eigenvalue weighted by Crippen LogP contribution is -2.39. The largest absolute Gasteiger partial charge is 0.348 e. The molecule has 0 fully saturated rings. The maximum absolute atomic E-state index is 12.0. The normalized spacial score (nSPS) is 10.6. The summed E-state index contributed by atoms with van der Waals surface area (Å²) >= 11 is 0. The number of aromatic amines is 1. The number of anilines is 1. The fourth-order valence-electron chi connectivity index (χ4n) is 1.90. The van der Waals surface area contributed by atoms with E-state index in [1.165, 1.54) is 30.2 Å². The third kappa shape index (κ3) is 2.21. The highest BCUT2D eigenvalue weighted by Gasteiger charge is 2.20. The molecule has 0 saturated carbocycles. The number of amides is 2. The Morgan fingerprint density at radius 1 is 1.48 bits per heavy atom. The second kappa shape index (κ2) is 5.25. The Morgan fingerprint density at radius 3 is 2.71 bits per heavy atom. The maximum Gasteiger partial charge on any atom is 0.348 e. The van der Waals surface area contributed by atoms with Gasteiger partial charge in [-0.3, -0.25) is 24.0 Å². The van der Waals surface area contributed by atoms with Crippen LogP contribution in [0.2, 0.25) is 0 Å². The van der Waals surface area contributed by atoms with Gasteiger partial charge in [-0.2, -0.15) is 4.98 Å². The van der Waals surface area contributed by atoms with E-state index in [0.29, 0.717) is 0 Å². The van der Waals surface area contributed by atoms with Crippen LogP contribution in [-0.4, -0.2) is 36.9 Å². The SMILES string of the molecule is C=CCN(C(=O)NO)c1nc2c([nH]1)c(=O)n(C)c(=O)n2C. The number of nitrogens with zero attached hydrogens (tertiary/aromatic N) is 4. The lowest BCUT2D eigenvalue weighted by molar-refractivity contribution is 0.167. The van der Waals surface area contributed by atoms with Gasteiger partial charge in [0.2, 0.25) is 5.95 Å². The lowest BCUT2D eigenvalue weighted by atomic mass is 10.5. The predicted molar refractivity (Wildman–Crippen MR) is 74.4 cm³/mol. The minimum atomic E-state index is -0.851.